The molecule has 1 unspecified atom stereocenters. The van der Waals surface area contributed by atoms with E-state index in [1.807, 2.05) is 6.92 Å². The molecule has 0 radical (unpaired) electrons. The van der Waals surface area contributed by atoms with Crippen LogP contribution in [0.4, 0.5) is 10.1 Å². The van der Waals surface area contributed by atoms with E-state index in [1.54, 1.807) is 14.2 Å². The van der Waals surface area contributed by atoms with Gasteiger partial charge < -0.3 is 20.7 Å². The Morgan fingerprint density at radius 2 is 2.00 bits per heavy atom. The van der Waals surface area contributed by atoms with Gasteiger partial charge >= 0.3 is 0 Å². The Labute approximate surface area is 146 Å². The molecule has 1 aromatic carbocycles. The summed E-state index contributed by atoms with van der Waals surface area (Å²) in [5.41, 5.74) is 0.541. The molecule has 22 heavy (non-hydrogen) atoms. The molecule has 0 aliphatic carbocycles. The highest BCUT2D eigenvalue weighted by molar-refractivity contribution is 14.0. The van der Waals surface area contributed by atoms with Crippen LogP contribution < -0.4 is 16.0 Å². The molecular formula is C14H22FIN4O2. The van der Waals surface area contributed by atoms with E-state index in [-0.39, 0.29) is 48.3 Å². The highest BCUT2D eigenvalue weighted by Gasteiger charge is 2.07. The van der Waals surface area contributed by atoms with Gasteiger partial charge in [0.05, 0.1) is 13.2 Å². The molecular weight excluding hydrogens is 402 g/mol. The first-order chi connectivity index (χ1) is 10.0. The van der Waals surface area contributed by atoms with Crippen molar-refractivity contribution in [3.05, 3.63) is 30.1 Å². The van der Waals surface area contributed by atoms with Crippen LogP contribution in [0.2, 0.25) is 0 Å². The zero-order chi connectivity index (χ0) is 15.7. The van der Waals surface area contributed by atoms with Gasteiger partial charge in [0.15, 0.2) is 5.96 Å². The van der Waals surface area contributed by atoms with Crippen molar-refractivity contribution in [2.24, 2.45) is 4.99 Å². The van der Waals surface area contributed by atoms with E-state index in [9.17, 15) is 9.18 Å². The molecule has 0 heterocycles. The number of hydrogen-bond donors (Lipinski definition) is 3. The number of amides is 1. The third kappa shape index (κ3) is 8.13. The van der Waals surface area contributed by atoms with Crippen molar-refractivity contribution >= 4 is 41.5 Å². The Bertz CT molecular complexity index is 482. The average Bonchev–Trinajstić information content (AvgIpc) is 2.46. The van der Waals surface area contributed by atoms with Crippen LogP contribution in [-0.4, -0.2) is 45.2 Å². The van der Waals surface area contributed by atoms with Crippen LogP contribution in [0.5, 0.6) is 0 Å². The maximum atomic E-state index is 12.7. The number of nitrogens with zero attached hydrogens (tertiary/aromatic N) is 1. The largest absolute Gasteiger partial charge is 0.383 e. The second-order valence-corrected chi connectivity index (χ2v) is 4.48. The Balaban J connectivity index is 0.00000441. The molecule has 0 spiro atoms. The van der Waals surface area contributed by atoms with E-state index in [1.165, 1.54) is 24.3 Å². The average molecular weight is 424 g/mol. The number of guanidine groups is 1. The summed E-state index contributed by atoms with van der Waals surface area (Å²) in [6, 6.07) is 5.65. The molecule has 1 aromatic rings. The summed E-state index contributed by atoms with van der Waals surface area (Å²) in [4.78, 5) is 15.8. The number of benzene rings is 1. The van der Waals surface area contributed by atoms with Crippen LogP contribution in [0.15, 0.2) is 29.3 Å². The number of hydrogen-bond acceptors (Lipinski definition) is 3. The number of carbonyl (C=O) groups is 1. The van der Waals surface area contributed by atoms with E-state index < -0.39 is 0 Å². The lowest BCUT2D eigenvalue weighted by Crippen LogP contribution is -2.46. The molecule has 0 aliphatic heterocycles. The van der Waals surface area contributed by atoms with Gasteiger partial charge in [-0.1, -0.05) is 0 Å². The number of halogens is 2. The van der Waals surface area contributed by atoms with Crippen molar-refractivity contribution in [3.8, 4) is 0 Å². The molecule has 0 fully saturated rings. The van der Waals surface area contributed by atoms with Crippen molar-refractivity contribution in [1.82, 2.24) is 10.6 Å². The van der Waals surface area contributed by atoms with Gasteiger partial charge in [-0.15, -0.1) is 24.0 Å². The van der Waals surface area contributed by atoms with E-state index in [2.05, 4.69) is 20.9 Å². The summed E-state index contributed by atoms with van der Waals surface area (Å²) in [6.45, 7) is 2.52. The second-order valence-electron chi connectivity index (χ2n) is 4.48. The maximum Gasteiger partial charge on any atom is 0.243 e. The fourth-order valence-electron chi connectivity index (χ4n) is 1.62. The lowest BCUT2D eigenvalue weighted by Gasteiger charge is -2.17. The highest BCUT2D eigenvalue weighted by atomic mass is 127. The molecule has 124 valence electrons. The third-order valence-corrected chi connectivity index (χ3v) is 2.57. The fourth-order valence-corrected chi connectivity index (χ4v) is 1.62. The SMILES string of the molecule is CN=C(NCC(=O)Nc1ccc(F)cc1)NC(C)COC.I. The standard InChI is InChI=1S/C14H21FN4O2.HI/c1-10(9-21-3)18-14(16-2)17-8-13(20)19-12-6-4-11(15)5-7-12;/h4-7,10H,8-9H2,1-3H3,(H,19,20)(H2,16,17,18);1H. The molecule has 0 aliphatic rings. The number of rotatable bonds is 6. The summed E-state index contributed by atoms with van der Waals surface area (Å²) in [5, 5.41) is 8.62. The van der Waals surface area contributed by atoms with Crippen molar-refractivity contribution in [3.63, 3.8) is 0 Å². The van der Waals surface area contributed by atoms with Gasteiger partial charge in [-0.2, -0.15) is 0 Å². The van der Waals surface area contributed by atoms with Crippen LogP contribution >= 0.6 is 24.0 Å². The molecule has 6 nitrogen and oxygen atoms in total. The van der Waals surface area contributed by atoms with Gasteiger partial charge in [0.1, 0.15) is 5.82 Å². The Kier molecular flexibility index (Phi) is 10.5. The van der Waals surface area contributed by atoms with Gasteiger partial charge in [-0.3, -0.25) is 9.79 Å². The Morgan fingerprint density at radius 3 is 2.55 bits per heavy atom. The zero-order valence-corrected chi connectivity index (χ0v) is 15.2. The highest BCUT2D eigenvalue weighted by Crippen LogP contribution is 2.07. The molecule has 1 amide bonds. The number of carbonyl (C=O) groups excluding carboxylic acids is 1. The number of ether oxygens (including phenoxy) is 1. The second kappa shape index (κ2) is 11.2. The van der Waals surface area contributed by atoms with Crippen molar-refractivity contribution in [1.29, 1.82) is 0 Å². The first kappa shape index (κ1) is 20.6. The predicted molar refractivity (Wildman–Crippen MR) is 96.3 cm³/mol. The zero-order valence-electron chi connectivity index (χ0n) is 12.9. The number of nitrogens with one attached hydrogen (secondary N) is 3. The number of anilines is 1. The quantitative estimate of drug-likeness (QED) is 0.369. The molecule has 0 saturated carbocycles. The monoisotopic (exact) mass is 424 g/mol. The van der Waals surface area contributed by atoms with E-state index in [0.29, 0.717) is 18.3 Å². The Morgan fingerprint density at radius 1 is 1.36 bits per heavy atom. The van der Waals surface area contributed by atoms with Crippen molar-refractivity contribution < 1.29 is 13.9 Å². The minimum Gasteiger partial charge on any atom is -0.383 e. The van der Waals surface area contributed by atoms with Gasteiger partial charge in [-0.25, -0.2) is 4.39 Å². The lowest BCUT2D eigenvalue weighted by atomic mass is 10.3. The smallest absolute Gasteiger partial charge is 0.243 e. The van der Waals surface area contributed by atoms with Crippen LogP contribution in [0.1, 0.15) is 6.92 Å². The molecule has 0 aromatic heterocycles. The van der Waals surface area contributed by atoms with Crippen molar-refractivity contribution in [2.45, 2.75) is 13.0 Å². The van der Waals surface area contributed by atoms with Crippen LogP contribution in [0.25, 0.3) is 0 Å². The number of aliphatic imine (C=N–C) groups is 1. The summed E-state index contributed by atoms with van der Waals surface area (Å²) in [5.74, 6) is -0.0828. The first-order valence-electron chi connectivity index (χ1n) is 6.56. The minimum atomic E-state index is -0.345. The van der Waals surface area contributed by atoms with Crippen LogP contribution in [0.3, 0.4) is 0 Å². The maximum absolute atomic E-state index is 12.7. The third-order valence-electron chi connectivity index (χ3n) is 2.57. The molecule has 1 atom stereocenters. The molecule has 0 saturated heterocycles. The van der Waals surface area contributed by atoms with Gasteiger partial charge in [-0.05, 0) is 31.2 Å². The van der Waals surface area contributed by atoms with E-state index in [4.69, 9.17) is 4.74 Å². The normalized spacial score (nSPS) is 12.1. The van der Waals surface area contributed by atoms with Crippen molar-refractivity contribution in [2.75, 3.05) is 32.6 Å². The predicted octanol–water partition coefficient (Wildman–Crippen LogP) is 1.58. The summed E-state index contributed by atoms with van der Waals surface area (Å²) < 4.78 is 17.8. The summed E-state index contributed by atoms with van der Waals surface area (Å²) in [6.07, 6.45) is 0. The molecule has 3 N–H and O–H groups in total. The minimum absolute atomic E-state index is 0. The molecule has 8 heteroatoms. The van der Waals surface area contributed by atoms with Gasteiger partial charge in [0.25, 0.3) is 0 Å². The topological polar surface area (TPSA) is 74.8 Å². The van der Waals surface area contributed by atoms with E-state index >= 15 is 0 Å². The molecule has 1 rings (SSSR count). The van der Waals surface area contributed by atoms with Crippen LogP contribution in [-0.2, 0) is 9.53 Å². The van der Waals surface area contributed by atoms with Gasteiger partial charge in [0.2, 0.25) is 5.91 Å². The number of methoxy groups -OCH3 is 1. The van der Waals surface area contributed by atoms with Gasteiger partial charge in [0, 0.05) is 25.9 Å². The summed E-state index contributed by atoms with van der Waals surface area (Å²) >= 11 is 0. The van der Waals surface area contributed by atoms with E-state index in [0.717, 1.165) is 0 Å². The lowest BCUT2D eigenvalue weighted by molar-refractivity contribution is -0.115. The summed E-state index contributed by atoms with van der Waals surface area (Å²) in [7, 11) is 3.23. The van der Waals surface area contributed by atoms with Crippen LogP contribution in [0, 0.1) is 5.82 Å². The Hall–Kier alpha value is -1.42. The molecule has 0 bridgehead atoms. The fraction of sp³-hybridized carbons (Fsp3) is 0.429. The first-order valence-corrected chi connectivity index (χ1v) is 6.56.